The van der Waals surface area contributed by atoms with Crippen LogP contribution in [-0.4, -0.2) is 0 Å². The number of hydrogen-bond donors (Lipinski definition) is 0. The molecule has 0 amide bonds. The van der Waals surface area contributed by atoms with Crippen LogP contribution >= 0.6 is 0 Å². The second-order valence-corrected chi connectivity index (χ2v) is 22.3. The lowest BCUT2D eigenvalue weighted by atomic mass is 9.72. The van der Waals surface area contributed by atoms with Crippen LogP contribution in [0.3, 0.4) is 0 Å². The zero-order chi connectivity index (χ0) is 35.2. The fraction of sp³-hybridized carbons (Fsp3) is 1.00. The fourth-order valence-electron chi connectivity index (χ4n) is 14.9. The summed E-state index contributed by atoms with van der Waals surface area (Å²) in [4.78, 5) is 0. The minimum atomic E-state index is 1.13. The lowest BCUT2D eigenvalue weighted by molar-refractivity contribution is 0.190. The third-order valence-electron chi connectivity index (χ3n) is 18.2. The van der Waals surface area contributed by atoms with Gasteiger partial charge in [0.05, 0.1) is 0 Å². The van der Waals surface area contributed by atoms with Gasteiger partial charge in [-0.15, -0.1) is 0 Å². The summed E-state index contributed by atoms with van der Waals surface area (Å²) in [6.07, 6.45) is 62.1. The molecular formula is C52H92. The molecule has 13 fully saturated rings. The molecule has 6 unspecified atom stereocenters. The molecule has 0 saturated heterocycles. The Morgan fingerprint density at radius 3 is 0.558 bits per heavy atom. The summed E-state index contributed by atoms with van der Waals surface area (Å²) in [5, 5.41) is 0. The molecule has 6 atom stereocenters. The smallest absolute Gasteiger partial charge is 0.0409 e. The molecule has 0 nitrogen and oxygen atoms in total. The first kappa shape index (κ1) is 40.2. The standard InChI is InChI=1S/C11H20.2C9H16.2C8H14.C7H12/c1-2-5-11-7-3-6-10(4-1)8-9-11;1-3-8-5-2-6-9(4-1)7-8;1-2-4-9-6-5-8(3-1)7-9;1-2-7-4-5-8(3-1)6-7;1-2-4-8-5-7(3-1)6-8;1-2-7-4-3-6(1)5-7/h10-11H,1-9H2;2*8-9H,1-7H2;2*7-8H,1-6H2;6-7H,1-5H2. The van der Waals surface area contributed by atoms with Crippen LogP contribution in [0, 0.1) is 71.0 Å². The third kappa shape index (κ3) is 13.6. The van der Waals surface area contributed by atoms with Crippen LogP contribution in [-0.2, 0) is 0 Å². The molecule has 0 aromatic rings. The summed E-state index contributed by atoms with van der Waals surface area (Å²) in [7, 11) is 0. The average molecular weight is 717 g/mol. The summed E-state index contributed by atoms with van der Waals surface area (Å²) in [5.41, 5.74) is 0. The van der Waals surface area contributed by atoms with Gasteiger partial charge in [-0.1, -0.05) is 218 Å². The first-order valence-corrected chi connectivity index (χ1v) is 25.7. The van der Waals surface area contributed by atoms with Gasteiger partial charge in [0.15, 0.2) is 0 Å². The Hall–Kier alpha value is 0. The van der Waals surface area contributed by atoms with Gasteiger partial charge >= 0.3 is 0 Å². The van der Waals surface area contributed by atoms with Crippen LogP contribution in [0.25, 0.3) is 0 Å². The quantitative estimate of drug-likeness (QED) is 0.234. The fourth-order valence-corrected chi connectivity index (χ4v) is 14.9. The number of hydrogen-bond acceptors (Lipinski definition) is 0. The van der Waals surface area contributed by atoms with E-state index in [4.69, 9.17) is 0 Å². The van der Waals surface area contributed by atoms with Crippen molar-refractivity contribution < 1.29 is 0 Å². The van der Waals surface area contributed by atoms with E-state index in [-0.39, 0.29) is 0 Å². The Morgan fingerprint density at radius 1 is 0.115 bits per heavy atom. The molecular weight excluding hydrogens is 625 g/mol. The molecule has 52 heavy (non-hydrogen) atoms. The van der Waals surface area contributed by atoms with Crippen LogP contribution < -0.4 is 0 Å². The van der Waals surface area contributed by atoms with Crippen molar-refractivity contribution in [2.45, 2.75) is 257 Å². The van der Waals surface area contributed by atoms with Crippen molar-refractivity contribution in [3.63, 3.8) is 0 Å². The highest BCUT2D eigenvalue weighted by molar-refractivity contribution is 4.84. The SMILES string of the molecule is C1CC2CCC(C1)C2.C1CC2CCC1C2.C1CC2CCCC(C1)C2.C1CCC2CC(C1)C2.C1CCC2CCC(C1)C2.C1CCC2CCCC(C1)CC2. The predicted octanol–water partition coefficient (Wildman–Crippen LogP) is 17.1. The molecule has 13 rings (SSSR count). The lowest BCUT2D eigenvalue weighted by Crippen LogP contribution is -2.20. The minimum Gasteiger partial charge on any atom is -0.0530 e. The van der Waals surface area contributed by atoms with Gasteiger partial charge in [0.25, 0.3) is 0 Å². The van der Waals surface area contributed by atoms with Crippen LogP contribution in [0.4, 0.5) is 0 Å². The molecule has 0 heteroatoms. The van der Waals surface area contributed by atoms with Crippen molar-refractivity contribution in [1.29, 1.82) is 0 Å². The summed E-state index contributed by atoms with van der Waals surface area (Å²) in [5.74, 6) is 13.9. The lowest BCUT2D eigenvalue weighted by Gasteiger charge is -2.33. The molecule has 0 heterocycles. The Bertz CT molecular complexity index is 839. The van der Waals surface area contributed by atoms with Crippen molar-refractivity contribution in [3.05, 3.63) is 0 Å². The predicted molar refractivity (Wildman–Crippen MR) is 227 cm³/mol. The second kappa shape index (κ2) is 22.1. The highest BCUT2D eigenvalue weighted by Crippen LogP contribution is 2.45. The molecule has 0 radical (unpaired) electrons. The van der Waals surface area contributed by atoms with Crippen molar-refractivity contribution in [3.8, 4) is 0 Å². The first-order valence-electron chi connectivity index (χ1n) is 25.7. The van der Waals surface area contributed by atoms with Gasteiger partial charge in [-0.2, -0.15) is 0 Å². The Morgan fingerprint density at radius 2 is 0.269 bits per heavy atom. The maximum Gasteiger partial charge on any atom is -0.0409 e. The van der Waals surface area contributed by atoms with E-state index in [1.54, 1.807) is 193 Å². The molecule has 0 aromatic carbocycles. The van der Waals surface area contributed by atoms with E-state index in [2.05, 4.69) is 0 Å². The van der Waals surface area contributed by atoms with Gasteiger partial charge < -0.3 is 0 Å². The van der Waals surface area contributed by atoms with Gasteiger partial charge in [-0.05, 0) is 110 Å². The van der Waals surface area contributed by atoms with Crippen LogP contribution in [0.2, 0.25) is 0 Å². The molecule has 13 aliphatic carbocycles. The normalized spacial score (nSPS) is 43.4. The van der Waals surface area contributed by atoms with E-state index in [1.165, 1.54) is 87.9 Å². The minimum absolute atomic E-state index is 1.13. The zero-order valence-corrected chi connectivity index (χ0v) is 35.2. The Balaban J connectivity index is 0.0000000975. The van der Waals surface area contributed by atoms with Crippen molar-refractivity contribution in [2.75, 3.05) is 0 Å². The van der Waals surface area contributed by atoms with Gasteiger partial charge in [0, 0.05) is 0 Å². The molecule has 0 spiro atoms. The summed E-state index contributed by atoms with van der Waals surface area (Å²) in [6, 6.07) is 0. The van der Waals surface area contributed by atoms with Gasteiger partial charge in [-0.25, -0.2) is 0 Å². The van der Waals surface area contributed by atoms with E-state index >= 15 is 0 Å². The molecule has 13 saturated carbocycles. The topological polar surface area (TPSA) is 0 Å². The second-order valence-electron chi connectivity index (χ2n) is 22.3. The van der Waals surface area contributed by atoms with Crippen LogP contribution in [0.1, 0.15) is 257 Å². The molecule has 0 N–H and O–H groups in total. The average Bonchev–Trinajstić information content (AvgIpc) is 3.83. The molecule has 0 aromatic heterocycles. The highest BCUT2D eigenvalue weighted by atomic mass is 14.4. The molecule has 300 valence electrons. The molecule has 13 aliphatic rings. The molecule has 0 aliphatic heterocycles. The molecule has 12 bridgehead atoms. The largest absolute Gasteiger partial charge is 0.0530 e. The Kier molecular flexibility index (Phi) is 17.1. The van der Waals surface area contributed by atoms with E-state index in [1.807, 2.05) is 0 Å². The number of rotatable bonds is 0. The van der Waals surface area contributed by atoms with E-state index in [0.29, 0.717) is 0 Å². The van der Waals surface area contributed by atoms with Crippen LogP contribution in [0.15, 0.2) is 0 Å². The van der Waals surface area contributed by atoms with Crippen molar-refractivity contribution >= 4 is 0 Å². The van der Waals surface area contributed by atoms with Crippen molar-refractivity contribution in [2.24, 2.45) is 71.0 Å². The third-order valence-corrected chi connectivity index (χ3v) is 18.2. The van der Waals surface area contributed by atoms with Gasteiger partial charge in [-0.3, -0.25) is 0 Å². The van der Waals surface area contributed by atoms with Gasteiger partial charge in [0.1, 0.15) is 0 Å². The maximum absolute atomic E-state index is 1.58. The highest BCUT2D eigenvalue weighted by Gasteiger charge is 2.32. The van der Waals surface area contributed by atoms with Crippen LogP contribution in [0.5, 0.6) is 0 Å². The van der Waals surface area contributed by atoms with E-state index in [0.717, 1.165) is 47.3 Å². The summed E-state index contributed by atoms with van der Waals surface area (Å²) < 4.78 is 0. The monoisotopic (exact) mass is 717 g/mol. The van der Waals surface area contributed by atoms with Crippen molar-refractivity contribution in [1.82, 2.24) is 0 Å². The summed E-state index contributed by atoms with van der Waals surface area (Å²) >= 11 is 0. The van der Waals surface area contributed by atoms with Gasteiger partial charge in [0.2, 0.25) is 0 Å². The van der Waals surface area contributed by atoms with E-state index < -0.39 is 0 Å². The number of fused-ring (bicyclic) bond motifs is 14. The first-order chi connectivity index (χ1) is 25.7. The zero-order valence-electron chi connectivity index (χ0n) is 35.2. The van der Waals surface area contributed by atoms with E-state index in [9.17, 15) is 0 Å². The summed E-state index contributed by atoms with van der Waals surface area (Å²) in [6.45, 7) is 0. The Labute approximate surface area is 326 Å². The maximum atomic E-state index is 1.58.